The number of nitriles is 1. The lowest BCUT2D eigenvalue weighted by Crippen LogP contribution is -2.30. The number of hydrogen-bond donors (Lipinski definition) is 1. The maximum atomic E-state index is 12.5. The van der Waals surface area contributed by atoms with Gasteiger partial charge in [0.2, 0.25) is 5.91 Å². The van der Waals surface area contributed by atoms with Crippen LogP contribution in [0.25, 0.3) is 0 Å². The lowest BCUT2D eigenvalue weighted by molar-refractivity contribution is -0.113. The van der Waals surface area contributed by atoms with Crippen LogP contribution in [0.3, 0.4) is 0 Å². The average molecular weight is 461 g/mol. The fourth-order valence-electron chi connectivity index (χ4n) is 3.91. The first-order valence-corrected chi connectivity index (χ1v) is 12.3. The second kappa shape index (κ2) is 11.6. The first-order valence-electron chi connectivity index (χ1n) is 11.3. The Balaban J connectivity index is 1.42. The fraction of sp³-hybridized carbons (Fsp3) is 0.360. The minimum absolute atomic E-state index is 0.0973. The van der Waals surface area contributed by atoms with Crippen LogP contribution < -0.4 is 5.32 Å². The number of likely N-dealkylation sites (tertiary alicyclic amines) is 1. The molecule has 8 heteroatoms. The van der Waals surface area contributed by atoms with Crippen molar-refractivity contribution >= 4 is 23.4 Å². The quantitative estimate of drug-likeness (QED) is 0.484. The van der Waals surface area contributed by atoms with Gasteiger partial charge in [0, 0.05) is 5.69 Å². The summed E-state index contributed by atoms with van der Waals surface area (Å²) in [5.74, 6) is 1.09. The Kier molecular flexibility index (Phi) is 8.12. The number of piperidine rings is 1. The molecular weight excluding hydrogens is 432 g/mol. The topological polar surface area (TPSA) is 86.8 Å². The summed E-state index contributed by atoms with van der Waals surface area (Å²) in [7, 11) is 0. The van der Waals surface area contributed by atoms with Gasteiger partial charge >= 0.3 is 0 Å². The van der Waals surface area contributed by atoms with E-state index in [1.807, 2.05) is 42.5 Å². The van der Waals surface area contributed by atoms with E-state index in [2.05, 4.69) is 43.2 Å². The molecule has 170 valence electrons. The molecule has 1 fully saturated rings. The van der Waals surface area contributed by atoms with Crippen LogP contribution in [0, 0.1) is 11.3 Å². The third-order valence-electron chi connectivity index (χ3n) is 5.64. The number of carbonyl (C=O) groups is 1. The highest BCUT2D eigenvalue weighted by Crippen LogP contribution is 2.21. The number of carbonyl (C=O) groups excluding carboxylic acids is 1. The molecule has 1 aromatic heterocycles. The second-order valence-corrected chi connectivity index (χ2v) is 9.12. The van der Waals surface area contributed by atoms with Crippen LogP contribution in [0.4, 0.5) is 5.69 Å². The van der Waals surface area contributed by atoms with Crippen LogP contribution in [0.15, 0.2) is 59.8 Å². The van der Waals surface area contributed by atoms with E-state index in [1.54, 1.807) is 0 Å². The number of anilines is 1. The van der Waals surface area contributed by atoms with E-state index in [0.717, 1.165) is 41.9 Å². The molecule has 2 heterocycles. The molecule has 1 N–H and O–H groups in total. The maximum Gasteiger partial charge on any atom is 0.234 e. The summed E-state index contributed by atoms with van der Waals surface area (Å²) < 4.78 is 2.14. The molecule has 7 nitrogen and oxygen atoms in total. The van der Waals surface area contributed by atoms with Gasteiger partial charge in [-0.15, -0.1) is 10.2 Å². The molecule has 1 aliphatic heterocycles. The van der Waals surface area contributed by atoms with Crippen molar-refractivity contribution in [2.75, 3.05) is 24.2 Å². The number of aromatic nitrogens is 3. The highest BCUT2D eigenvalue weighted by atomic mass is 32.2. The van der Waals surface area contributed by atoms with Crippen LogP contribution in [-0.2, 0) is 24.3 Å². The van der Waals surface area contributed by atoms with Crippen molar-refractivity contribution in [1.29, 1.82) is 5.26 Å². The highest BCUT2D eigenvalue weighted by Gasteiger charge is 2.18. The molecule has 0 radical (unpaired) electrons. The Bertz CT molecular complexity index is 1080. The van der Waals surface area contributed by atoms with Crippen LogP contribution in [0.1, 0.15) is 36.2 Å². The Morgan fingerprint density at radius 1 is 0.970 bits per heavy atom. The number of nitrogens with zero attached hydrogens (tertiary/aromatic N) is 5. The zero-order valence-electron chi connectivity index (χ0n) is 18.6. The van der Waals surface area contributed by atoms with Crippen LogP contribution >= 0.6 is 11.8 Å². The summed E-state index contributed by atoms with van der Waals surface area (Å²) in [6, 6.07) is 19.8. The number of benzene rings is 2. The van der Waals surface area contributed by atoms with Gasteiger partial charge in [-0.1, -0.05) is 60.6 Å². The van der Waals surface area contributed by atoms with E-state index >= 15 is 0 Å². The number of amides is 1. The molecule has 1 saturated heterocycles. The van der Waals surface area contributed by atoms with E-state index in [0.29, 0.717) is 13.0 Å². The van der Waals surface area contributed by atoms with Gasteiger partial charge < -0.3 is 9.88 Å². The van der Waals surface area contributed by atoms with Gasteiger partial charge in [0.15, 0.2) is 5.16 Å². The van der Waals surface area contributed by atoms with Crippen molar-refractivity contribution in [1.82, 2.24) is 19.7 Å². The lowest BCUT2D eigenvalue weighted by atomic mass is 10.1. The molecule has 1 amide bonds. The van der Waals surface area contributed by atoms with E-state index in [4.69, 9.17) is 5.26 Å². The van der Waals surface area contributed by atoms with Gasteiger partial charge in [0.1, 0.15) is 5.82 Å². The maximum absolute atomic E-state index is 12.5. The van der Waals surface area contributed by atoms with E-state index in [1.165, 1.54) is 36.6 Å². The zero-order chi connectivity index (χ0) is 22.9. The number of rotatable bonds is 9. The number of thioether (sulfide) groups is 1. The first-order chi connectivity index (χ1) is 16.2. The number of hydrogen-bond acceptors (Lipinski definition) is 6. The largest absolute Gasteiger partial charge is 0.325 e. The van der Waals surface area contributed by atoms with Crippen LogP contribution in [0.2, 0.25) is 0 Å². The van der Waals surface area contributed by atoms with Crippen molar-refractivity contribution in [3.63, 3.8) is 0 Å². The van der Waals surface area contributed by atoms with Gasteiger partial charge in [-0.2, -0.15) is 5.26 Å². The predicted molar refractivity (Wildman–Crippen MR) is 130 cm³/mol. The van der Waals surface area contributed by atoms with Gasteiger partial charge in [-0.25, -0.2) is 0 Å². The predicted octanol–water partition coefficient (Wildman–Crippen LogP) is 4.11. The summed E-state index contributed by atoms with van der Waals surface area (Å²) in [5, 5.41) is 21.4. The normalized spacial score (nSPS) is 14.0. The van der Waals surface area contributed by atoms with Gasteiger partial charge in [0.05, 0.1) is 31.3 Å². The molecular formula is C25H28N6OS. The lowest BCUT2D eigenvalue weighted by Gasteiger charge is -2.26. The molecule has 1 aliphatic rings. The third kappa shape index (κ3) is 6.67. The molecule has 2 aromatic carbocycles. The summed E-state index contributed by atoms with van der Waals surface area (Å²) in [5.41, 5.74) is 2.83. The summed E-state index contributed by atoms with van der Waals surface area (Å²) in [6.45, 7) is 3.65. The SMILES string of the molecule is N#CCc1ccc(NC(=O)CSc2nnc(CN3CCCCC3)n2Cc2ccccc2)cc1. The molecule has 0 atom stereocenters. The molecule has 0 unspecified atom stereocenters. The smallest absolute Gasteiger partial charge is 0.234 e. The van der Waals surface area contributed by atoms with E-state index in [-0.39, 0.29) is 11.7 Å². The molecule has 0 spiro atoms. The van der Waals surface area contributed by atoms with Gasteiger partial charge in [-0.05, 0) is 49.2 Å². The Morgan fingerprint density at radius 3 is 2.45 bits per heavy atom. The summed E-state index contributed by atoms with van der Waals surface area (Å²) in [6.07, 6.45) is 4.11. The molecule has 0 bridgehead atoms. The van der Waals surface area contributed by atoms with Crippen molar-refractivity contribution < 1.29 is 4.79 Å². The summed E-state index contributed by atoms with van der Waals surface area (Å²) >= 11 is 1.40. The molecule has 33 heavy (non-hydrogen) atoms. The second-order valence-electron chi connectivity index (χ2n) is 8.18. The average Bonchev–Trinajstić information content (AvgIpc) is 3.21. The minimum atomic E-state index is -0.0973. The minimum Gasteiger partial charge on any atom is -0.325 e. The van der Waals surface area contributed by atoms with Crippen molar-refractivity contribution in [3.8, 4) is 6.07 Å². The van der Waals surface area contributed by atoms with E-state index in [9.17, 15) is 4.79 Å². The summed E-state index contributed by atoms with van der Waals surface area (Å²) in [4.78, 5) is 15.0. The fourth-order valence-corrected chi connectivity index (χ4v) is 4.67. The Morgan fingerprint density at radius 2 is 1.73 bits per heavy atom. The number of nitrogens with one attached hydrogen (secondary N) is 1. The monoisotopic (exact) mass is 460 g/mol. The van der Waals surface area contributed by atoms with Crippen molar-refractivity contribution in [2.45, 2.75) is 43.9 Å². The van der Waals surface area contributed by atoms with Gasteiger partial charge in [-0.3, -0.25) is 9.69 Å². The third-order valence-corrected chi connectivity index (χ3v) is 6.61. The van der Waals surface area contributed by atoms with Crippen molar-refractivity contribution in [2.24, 2.45) is 0 Å². The van der Waals surface area contributed by atoms with Crippen molar-refractivity contribution in [3.05, 3.63) is 71.5 Å². The molecule has 4 rings (SSSR count). The Hall–Kier alpha value is -3.15. The zero-order valence-corrected chi connectivity index (χ0v) is 19.4. The van der Waals surface area contributed by atoms with E-state index < -0.39 is 0 Å². The molecule has 0 saturated carbocycles. The van der Waals surface area contributed by atoms with Crippen LogP contribution in [0.5, 0.6) is 0 Å². The first kappa shape index (κ1) is 23.0. The molecule has 0 aliphatic carbocycles. The Labute approximate surface area is 198 Å². The van der Waals surface area contributed by atoms with Gasteiger partial charge in [0.25, 0.3) is 0 Å². The highest BCUT2D eigenvalue weighted by molar-refractivity contribution is 7.99. The standard InChI is InChI=1S/C25H28N6OS/c26-14-13-20-9-11-22(12-10-20)27-24(32)19-33-25-29-28-23(18-30-15-5-2-6-16-30)31(25)17-21-7-3-1-4-8-21/h1,3-4,7-12H,2,5-6,13,15-19H2,(H,27,32). The van der Waals surface area contributed by atoms with Crippen LogP contribution in [-0.4, -0.2) is 44.4 Å². The molecule has 3 aromatic rings.